The Morgan fingerprint density at radius 2 is 1.87 bits per heavy atom. The van der Waals surface area contributed by atoms with E-state index in [0.717, 1.165) is 16.5 Å². The van der Waals surface area contributed by atoms with E-state index in [0.29, 0.717) is 34.3 Å². The molecule has 1 atom stereocenters. The van der Waals surface area contributed by atoms with Gasteiger partial charge < -0.3 is 15.0 Å². The van der Waals surface area contributed by atoms with Gasteiger partial charge in [-0.15, -0.1) is 0 Å². The zero-order valence-electron chi connectivity index (χ0n) is 17.9. The second-order valence-corrected chi connectivity index (χ2v) is 8.68. The summed E-state index contributed by atoms with van der Waals surface area (Å²) in [5.74, 6) is 0.0496. The molecule has 0 bridgehead atoms. The van der Waals surface area contributed by atoms with E-state index in [4.69, 9.17) is 27.9 Å². The van der Waals surface area contributed by atoms with Gasteiger partial charge in [-0.25, -0.2) is 0 Å². The van der Waals surface area contributed by atoms with Gasteiger partial charge in [0.05, 0.1) is 4.47 Å². The van der Waals surface area contributed by atoms with Crippen LogP contribution in [0.1, 0.15) is 38.3 Å². The number of nitrogens with zero attached hydrogens (tertiary/aromatic N) is 1. The van der Waals surface area contributed by atoms with Crippen molar-refractivity contribution in [3.05, 3.63) is 62.0 Å². The fourth-order valence-corrected chi connectivity index (χ4v) is 4.16. The van der Waals surface area contributed by atoms with E-state index >= 15 is 0 Å². The summed E-state index contributed by atoms with van der Waals surface area (Å²) in [6.45, 7) is 6.22. The number of amides is 2. The van der Waals surface area contributed by atoms with Crippen molar-refractivity contribution in [2.45, 2.75) is 46.2 Å². The first kappa shape index (κ1) is 25.5. The van der Waals surface area contributed by atoms with E-state index < -0.39 is 6.04 Å². The van der Waals surface area contributed by atoms with Crippen molar-refractivity contribution in [3.63, 3.8) is 0 Å². The Kier molecular flexibility index (Phi) is 10.1. The molecule has 2 aromatic carbocycles. The van der Waals surface area contributed by atoms with Crippen LogP contribution in [0.15, 0.2) is 40.9 Å². The highest BCUT2D eigenvalue weighted by Gasteiger charge is 2.29. The Labute approximate surface area is 202 Å². The molecular weight excluding hydrogens is 503 g/mol. The molecule has 0 heterocycles. The smallest absolute Gasteiger partial charge is 0.261 e. The number of hydrogen-bond donors (Lipinski definition) is 1. The van der Waals surface area contributed by atoms with Crippen molar-refractivity contribution >= 4 is 50.9 Å². The van der Waals surface area contributed by atoms with Gasteiger partial charge in [-0.2, -0.15) is 0 Å². The molecule has 1 N–H and O–H groups in total. The quantitative estimate of drug-likeness (QED) is 0.433. The molecule has 0 saturated heterocycles. The Morgan fingerprint density at radius 1 is 1.13 bits per heavy atom. The van der Waals surface area contributed by atoms with Crippen molar-refractivity contribution in [2.75, 3.05) is 13.2 Å². The number of aryl methyl sites for hydroxylation is 1. The number of carbonyl (C=O) groups is 2. The SMILES string of the molecule is CCNC(=O)[C@H](CC)N(Cc1ccc(Cl)cc1Cl)C(=O)COc1ccc(CC)cc1Br. The van der Waals surface area contributed by atoms with Crippen molar-refractivity contribution in [1.82, 2.24) is 10.2 Å². The minimum Gasteiger partial charge on any atom is -0.483 e. The number of ether oxygens (including phenoxy) is 1. The Bertz CT molecular complexity index is 924. The van der Waals surface area contributed by atoms with Crippen molar-refractivity contribution in [1.29, 1.82) is 0 Å². The van der Waals surface area contributed by atoms with Crippen molar-refractivity contribution in [2.24, 2.45) is 0 Å². The predicted octanol–water partition coefficient (Wildman–Crippen LogP) is 5.64. The molecule has 0 unspecified atom stereocenters. The van der Waals surface area contributed by atoms with Gasteiger partial charge in [0.15, 0.2) is 6.61 Å². The summed E-state index contributed by atoms with van der Waals surface area (Å²) in [5.41, 5.74) is 1.86. The maximum Gasteiger partial charge on any atom is 0.261 e. The van der Waals surface area contributed by atoms with E-state index in [1.54, 1.807) is 18.2 Å². The number of carbonyl (C=O) groups excluding carboxylic acids is 2. The first-order chi connectivity index (χ1) is 14.8. The van der Waals surface area contributed by atoms with E-state index in [1.165, 1.54) is 4.90 Å². The minimum absolute atomic E-state index is 0.170. The maximum absolute atomic E-state index is 13.2. The highest BCUT2D eigenvalue weighted by Crippen LogP contribution is 2.27. The van der Waals surface area contributed by atoms with Gasteiger partial charge in [0, 0.05) is 23.1 Å². The molecule has 0 aliphatic heterocycles. The lowest BCUT2D eigenvalue weighted by Crippen LogP contribution is -2.50. The molecule has 8 heteroatoms. The number of nitrogens with one attached hydrogen (secondary N) is 1. The van der Waals surface area contributed by atoms with Crippen LogP contribution in [0.5, 0.6) is 5.75 Å². The van der Waals surface area contributed by atoms with Gasteiger partial charge in [0.1, 0.15) is 11.8 Å². The molecule has 5 nitrogen and oxygen atoms in total. The predicted molar refractivity (Wildman–Crippen MR) is 129 cm³/mol. The summed E-state index contributed by atoms with van der Waals surface area (Å²) in [7, 11) is 0. The maximum atomic E-state index is 13.2. The van der Waals surface area contributed by atoms with Gasteiger partial charge in [-0.05, 0) is 71.1 Å². The molecule has 2 amide bonds. The molecule has 0 spiro atoms. The monoisotopic (exact) mass is 528 g/mol. The first-order valence-electron chi connectivity index (χ1n) is 10.2. The van der Waals surface area contributed by atoms with E-state index in [9.17, 15) is 9.59 Å². The third kappa shape index (κ3) is 7.13. The van der Waals surface area contributed by atoms with Crippen LogP contribution in [0.3, 0.4) is 0 Å². The molecule has 0 aliphatic carbocycles. The highest BCUT2D eigenvalue weighted by molar-refractivity contribution is 9.10. The molecular formula is C23H27BrCl2N2O3. The summed E-state index contributed by atoms with van der Waals surface area (Å²) in [6.07, 6.45) is 1.36. The molecule has 0 saturated carbocycles. The molecule has 2 rings (SSSR count). The van der Waals surface area contributed by atoms with Crippen molar-refractivity contribution in [3.8, 4) is 5.75 Å². The number of benzene rings is 2. The normalized spacial score (nSPS) is 11.7. The standard InChI is InChI=1S/C23H27BrCl2N2O3/c1-4-15-7-10-21(18(24)11-15)31-14-22(29)28(20(5-2)23(30)27-6-3)13-16-8-9-17(25)12-19(16)26/h7-12,20H,4-6,13-14H2,1-3H3,(H,27,30)/t20-/m0/s1. The molecule has 168 valence electrons. The van der Waals surface area contributed by atoms with Crippen LogP contribution in [0.4, 0.5) is 0 Å². The van der Waals surface area contributed by atoms with Crippen LogP contribution < -0.4 is 10.1 Å². The number of likely N-dealkylation sites (N-methyl/N-ethyl adjacent to an activating group) is 1. The van der Waals surface area contributed by atoms with E-state index in [-0.39, 0.29) is 25.0 Å². The number of hydrogen-bond acceptors (Lipinski definition) is 3. The van der Waals surface area contributed by atoms with Gasteiger partial charge >= 0.3 is 0 Å². The summed E-state index contributed by atoms with van der Waals surface area (Å²) >= 11 is 15.8. The minimum atomic E-state index is -0.645. The van der Waals surface area contributed by atoms with E-state index in [2.05, 4.69) is 28.2 Å². The molecule has 0 aromatic heterocycles. The lowest BCUT2D eigenvalue weighted by molar-refractivity contribution is -0.142. The van der Waals surface area contributed by atoms with Gasteiger partial charge in [-0.1, -0.05) is 49.2 Å². The number of rotatable bonds is 10. The molecule has 0 aliphatic rings. The summed E-state index contributed by atoms with van der Waals surface area (Å²) in [6, 6.07) is 10.2. The van der Waals surface area contributed by atoms with Crippen LogP contribution in [0, 0.1) is 0 Å². The van der Waals surface area contributed by atoms with Crippen LogP contribution in [-0.4, -0.2) is 35.9 Å². The van der Waals surface area contributed by atoms with Crippen LogP contribution >= 0.6 is 39.1 Å². The largest absolute Gasteiger partial charge is 0.483 e. The van der Waals surface area contributed by atoms with Gasteiger partial charge in [-0.3, -0.25) is 9.59 Å². The third-order valence-electron chi connectivity index (χ3n) is 4.85. The van der Waals surface area contributed by atoms with E-state index in [1.807, 2.05) is 32.0 Å². The Balaban J connectivity index is 2.25. The van der Waals surface area contributed by atoms with Crippen LogP contribution in [-0.2, 0) is 22.6 Å². The summed E-state index contributed by atoms with van der Waals surface area (Å²) in [4.78, 5) is 27.3. The summed E-state index contributed by atoms with van der Waals surface area (Å²) in [5, 5.41) is 3.75. The topological polar surface area (TPSA) is 58.6 Å². The second kappa shape index (κ2) is 12.3. The summed E-state index contributed by atoms with van der Waals surface area (Å²) < 4.78 is 6.56. The fraction of sp³-hybridized carbons (Fsp3) is 0.391. The zero-order chi connectivity index (χ0) is 23.0. The van der Waals surface area contributed by atoms with Crippen LogP contribution in [0.25, 0.3) is 0 Å². The average Bonchev–Trinajstić information content (AvgIpc) is 2.74. The third-order valence-corrected chi connectivity index (χ3v) is 6.06. The number of halogens is 3. The van der Waals surface area contributed by atoms with Crippen LogP contribution in [0.2, 0.25) is 10.0 Å². The lowest BCUT2D eigenvalue weighted by Gasteiger charge is -2.30. The van der Waals surface area contributed by atoms with Gasteiger partial charge in [0.2, 0.25) is 5.91 Å². The lowest BCUT2D eigenvalue weighted by atomic mass is 10.1. The molecule has 31 heavy (non-hydrogen) atoms. The zero-order valence-corrected chi connectivity index (χ0v) is 21.0. The molecule has 2 aromatic rings. The van der Waals surface area contributed by atoms with Crippen molar-refractivity contribution < 1.29 is 14.3 Å². The average molecular weight is 530 g/mol. The molecule has 0 radical (unpaired) electrons. The fourth-order valence-electron chi connectivity index (χ4n) is 3.15. The Morgan fingerprint density at radius 3 is 2.45 bits per heavy atom. The Hall–Kier alpha value is -1.76. The molecule has 0 fully saturated rings. The first-order valence-corrected chi connectivity index (χ1v) is 11.8. The highest BCUT2D eigenvalue weighted by atomic mass is 79.9. The second-order valence-electron chi connectivity index (χ2n) is 6.98. The van der Waals surface area contributed by atoms with Gasteiger partial charge in [0.25, 0.3) is 5.91 Å².